The number of nitrogens with one attached hydrogen (secondary N) is 2. The van der Waals surface area contributed by atoms with Crippen LogP contribution in [0.15, 0.2) is 48.0 Å². The molecular formula is C28H35FN2O3. The number of phenolic OH excluding ortho intramolecular Hbond substituents is 1. The van der Waals surface area contributed by atoms with Crippen LogP contribution in [0.25, 0.3) is 5.57 Å². The Labute approximate surface area is 201 Å². The summed E-state index contributed by atoms with van der Waals surface area (Å²) in [5.74, 6) is -0.790. The van der Waals surface area contributed by atoms with E-state index in [1.807, 2.05) is 24.3 Å². The summed E-state index contributed by atoms with van der Waals surface area (Å²) < 4.78 is 26.5. The van der Waals surface area contributed by atoms with Gasteiger partial charge in [-0.2, -0.15) is 4.39 Å². The van der Waals surface area contributed by atoms with Gasteiger partial charge in [-0.25, -0.2) is 0 Å². The summed E-state index contributed by atoms with van der Waals surface area (Å²) in [6.45, 7) is 9.03. The predicted octanol–water partition coefficient (Wildman–Crippen LogP) is 6.80. The van der Waals surface area contributed by atoms with Crippen molar-refractivity contribution >= 4 is 17.2 Å². The summed E-state index contributed by atoms with van der Waals surface area (Å²) in [7, 11) is 0. The van der Waals surface area contributed by atoms with Crippen LogP contribution in [0.2, 0.25) is 0 Å². The Balaban J connectivity index is 1.82. The van der Waals surface area contributed by atoms with Gasteiger partial charge in [0.2, 0.25) is 5.97 Å². The van der Waals surface area contributed by atoms with Crippen molar-refractivity contribution in [3.63, 3.8) is 0 Å². The van der Waals surface area contributed by atoms with Gasteiger partial charge in [0.1, 0.15) is 12.0 Å². The molecule has 2 fully saturated rings. The zero-order chi connectivity index (χ0) is 24.5. The Morgan fingerprint density at radius 2 is 1.65 bits per heavy atom. The summed E-state index contributed by atoms with van der Waals surface area (Å²) >= 11 is 0. The predicted molar refractivity (Wildman–Crippen MR) is 134 cm³/mol. The molecule has 5 nitrogen and oxygen atoms in total. The molecule has 0 saturated carbocycles. The fraction of sp³-hybridized carbons (Fsp3) is 0.464. The number of rotatable bonds is 5. The molecule has 1 unspecified atom stereocenters. The van der Waals surface area contributed by atoms with Gasteiger partial charge in [-0.15, -0.1) is 0 Å². The molecule has 0 amide bonds. The molecule has 3 N–H and O–H groups in total. The molecule has 0 bridgehead atoms. The highest BCUT2D eigenvalue weighted by atomic mass is 19.1. The summed E-state index contributed by atoms with van der Waals surface area (Å²) in [6, 6.07) is 12.7. The average Bonchev–Trinajstić information content (AvgIpc) is 2.74. The summed E-state index contributed by atoms with van der Waals surface area (Å²) in [6.07, 6.45) is 4.22. The van der Waals surface area contributed by atoms with E-state index in [1.165, 1.54) is 5.57 Å². The van der Waals surface area contributed by atoms with E-state index in [2.05, 4.69) is 33.0 Å². The lowest BCUT2D eigenvalue weighted by Crippen LogP contribution is -2.42. The SMILES string of the molecule is CC1(C)CC(=C(c2ccc(O)cc2)c2ccc(NC3CCCCO3)c(C(=N)F)c2)CC(C)(C)O1. The van der Waals surface area contributed by atoms with Gasteiger partial charge in [0.25, 0.3) is 0 Å². The molecule has 2 aromatic rings. The van der Waals surface area contributed by atoms with Crippen LogP contribution in [0.3, 0.4) is 0 Å². The fourth-order valence-electron chi connectivity index (χ4n) is 5.33. The minimum atomic E-state index is -0.983. The Morgan fingerprint density at radius 1 is 1.00 bits per heavy atom. The van der Waals surface area contributed by atoms with Crippen molar-refractivity contribution in [2.45, 2.75) is 77.2 Å². The number of benzene rings is 2. The number of ether oxygens (including phenoxy) is 2. The standard InChI is InChI=1S/C28H35FN2O3/c1-27(2)16-20(17-28(3,4)34-27)25(18-8-11-21(32)12-9-18)19-10-13-23(22(15-19)26(29)30)31-24-7-5-6-14-33-24/h8-13,15,24,30-32H,5-7,14,16-17H2,1-4H3. The molecule has 182 valence electrons. The molecule has 2 aromatic carbocycles. The number of hydrogen-bond acceptors (Lipinski definition) is 5. The van der Waals surface area contributed by atoms with E-state index in [0.717, 1.165) is 48.8 Å². The van der Waals surface area contributed by atoms with Gasteiger partial charge in [0.15, 0.2) is 0 Å². The fourth-order valence-corrected chi connectivity index (χ4v) is 5.33. The third-order valence-electron chi connectivity index (χ3n) is 6.38. The Hall–Kier alpha value is -2.70. The first-order valence-electron chi connectivity index (χ1n) is 12.0. The molecule has 2 saturated heterocycles. The molecule has 34 heavy (non-hydrogen) atoms. The molecule has 4 rings (SSSR count). The van der Waals surface area contributed by atoms with E-state index >= 15 is 0 Å². The molecule has 6 heteroatoms. The third kappa shape index (κ3) is 5.68. The lowest BCUT2D eigenvalue weighted by Gasteiger charge is -2.43. The van der Waals surface area contributed by atoms with E-state index in [-0.39, 0.29) is 28.7 Å². The second-order valence-electron chi connectivity index (χ2n) is 10.6. The van der Waals surface area contributed by atoms with Crippen LogP contribution >= 0.6 is 0 Å². The largest absolute Gasteiger partial charge is 0.508 e. The highest BCUT2D eigenvalue weighted by molar-refractivity contribution is 5.98. The monoisotopic (exact) mass is 466 g/mol. The minimum Gasteiger partial charge on any atom is -0.508 e. The molecule has 2 heterocycles. The number of aromatic hydroxyl groups is 1. The lowest BCUT2D eigenvalue weighted by molar-refractivity contribution is -0.138. The first-order valence-corrected chi connectivity index (χ1v) is 12.0. The normalized spacial score (nSPS) is 21.7. The van der Waals surface area contributed by atoms with Gasteiger partial charge >= 0.3 is 0 Å². The first kappa shape index (κ1) is 24.4. The van der Waals surface area contributed by atoms with E-state index in [9.17, 15) is 9.50 Å². The maximum atomic E-state index is 14.5. The van der Waals surface area contributed by atoms with Crippen LogP contribution in [-0.2, 0) is 9.47 Å². The van der Waals surface area contributed by atoms with Gasteiger partial charge < -0.3 is 19.9 Å². The molecule has 2 aliphatic rings. The molecule has 2 aliphatic heterocycles. The second kappa shape index (κ2) is 9.51. The van der Waals surface area contributed by atoms with Crippen LogP contribution in [0.5, 0.6) is 5.75 Å². The van der Waals surface area contributed by atoms with Crippen molar-refractivity contribution in [3.05, 3.63) is 64.7 Å². The van der Waals surface area contributed by atoms with E-state index < -0.39 is 5.97 Å². The topological polar surface area (TPSA) is 74.6 Å². The molecule has 0 spiro atoms. The van der Waals surface area contributed by atoms with E-state index in [0.29, 0.717) is 12.3 Å². The minimum absolute atomic E-state index is 0.176. The zero-order valence-corrected chi connectivity index (χ0v) is 20.5. The van der Waals surface area contributed by atoms with Crippen LogP contribution in [0, 0.1) is 5.41 Å². The van der Waals surface area contributed by atoms with Crippen molar-refractivity contribution in [1.29, 1.82) is 5.41 Å². The van der Waals surface area contributed by atoms with Crippen molar-refractivity contribution in [2.75, 3.05) is 11.9 Å². The Bertz CT molecular complexity index is 1070. The van der Waals surface area contributed by atoms with Crippen molar-refractivity contribution in [2.24, 2.45) is 0 Å². The van der Waals surface area contributed by atoms with Gasteiger partial charge in [0.05, 0.1) is 16.8 Å². The summed E-state index contributed by atoms with van der Waals surface area (Å²) in [4.78, 5) is 0. The number of hydrogen-bond donors (Lipinski definition) is 3. The Morgan fingerprint density at radius 3 is 2.24 bits per heavy atom. The van der Waals surface area contributed by atoms with Crippen LogP contribution in [0.1, 0.15) is 76.5 Å². The number of halogens is 1. The Kier molecular flexibility index (Phi) is 6.83. The van der Waals surface area contributed by atoms with Gasteiger partial charge in [-0.1, -0.05) is 23.8 Å². The van der Waals surface area contributed by atoms with Gasteiger partial charge in [-0.3, -0.25) is 5.41 Å². The lowest BCUT2D eigenvalue weighted by atomic mass is 9.79. The van der Waals surface area contributed by atoms with Crippen molar-refractivity contribution < 1.29 is 19.0 Å². The smallest absolute Gasteiger partial charge is 0.214 e. The third-order valence-corrected chi connectivity index (χ3v) is 6.38. The average molecular weight is 467 g/mol. The highest BCUT2D eigenvalue weighted by Crippen LogP contribution is 2.43. The molecule has 0 aromatic heterocycles. The second-order valence-corrected chi connectivity index (χ2v) is 10.6. The maximum absolute atomic E-state index is 14.5. The summed E-state index contributed by atoms with van der Waals surface area (Å²) in [5.41, 5.74) is 4.05. The van der Waals surface area contributed by atoms with E-state index in [1.54, 1.807) is 18.2 Å². The van der Waals surface area contributed by atoms with Crippen molar-refractivity contribution in [1.82, 2.24) is 0 Å². The van der Waals surface area contributed by atoms with Gasteiger partial charge in [-0.05, 0) is 101 Å². The number of phenols is 1. The molecular weight excluding hydrogens is 431 g/mol. The van der Waals surface area contributed by atoms with Gasteiger partial charge in [0, 0.05) is 12.3 Å². The quantitative estimate of drug-likeness (QED) is 0.424. The maximum Gasteiger partial charge on any atom is 0.214 e. The highest BCUT2D eigenvalue weighted by Gasteiger charge is 2.38. The van der Waals surface area contributed by atoms with E-state index in [4.69, 9.17) is 14.9 Å². The van der Waals surface area contributed by atoms with Crippen molar-refractivity contribution in [3.8, 4) is 5.75 Å². The first-order chi connectivity index (χ1) is 16.0. The molecule has 1 atom stereocenters. The van der Waals surface area contributed by atoms with Crippen LogP contribution < -0.4 is 5.32 Å². The zero-order valence-electron chi connectivity index (χ0n) is 20.5. The molecule has 0 aliphatic carbocycles. The van der Waals surface area contributed by atoms with Crippen LogP contribution in [0.4, 0.5) is 10.1 Å². The molecule has 0 radical (unpaired) electrons. The van der Waals surface area contributed by atoms with Crippen LogP contribution in [-0.4, -0.2) is 35.1 Å². The number of anilines is 1. The summed E-state index contributed by atoms with van der Waals surface area (Å²) in [5, 5.41) is 21.0.